The standard InChI is InChI=1S/C16H32N4O2/c1-3-17-16(20-12-13-22-4-2)19-11-10-18-15(21)14-8-6-5-7-9-14/h14H,3-13H2,1-2H3,(H,18,21)(H2,17,19,20). The molecule has 0 aromatic rings. The molecule has 1 rings (SSSR count). The smallest absolute Gasteiger partial charge is 0.223 e. The van der Waals surface area contributed by atoms with E-state index >= 15 is 0 Å². The Morgan fingerprint density at radius 3 is 2.50 bits per heavy atom. The van der Waals surface area contributed by atoms with Crippen molar-refractivity contribution in [1.29, 1.82) is 0 Å². The lowest BCUT2D eigenvalue weighted by Gasteiger charge is -2.21. The van der Waals surface area contributed by atoms with Crippen molar-refractivity contribution >= 4 is 11.9 Å². The Morgan fingerprint density at radius 1 is 1.09 bits per heavy atom. The number of aliphatic imine (C=N–C) groups is 1. The molecule has 6 heteroatoms. The van der Waals surface area contributed by atoms with Gasteiger partial charge in [0.2, 0.25) is 5.91 Å². The highest BCUT2D eigenvalue weighted by Crippen LogP contribution is 2.23. The van der Waals surface area contributed by atoms with Crippen LogP contribution < -0.4 is 16.0 Å². The lowest BCUT2D eigenvalue weighted by atomic mass is 9.89. The molecule has 22 heavy (non-hydrogen) atoms. The van der Waals surface area contributed by atoms with Gasteiger partial charge in [0.1, 0.15) is 0 Å². The van der Waals surface area contributed by atoms with Crippen molar-refractivity contribution in [3.63, 3.8) is 0 Å². The topological polar surface area (TPSA) is 74.8 Å². The quantitative estimate of drug-likeness (QED) is 0.340. The Morgan fingerprint density at radius 2 is 1.82 bits per heavy atom. The Bertz CT molecular complexity index is 328. The first-order valence-electron chi connectivity index (χ1n) is 8.65. The average Bonchev–Trinajstić information content (AvgIpc) is 2.56. The predicted octanol–water partition coefficient (Wildman–Crippen LogP) is 1.27. The first kappa shape index (κ1) is 18.7. The molecule has 0 aliphatic heterocycles. The van der Waals surface area contributed by atoms with Crippen LogP contribution in [0.5, 0.6) is 0 Å². The van der Waals surface area contributed by atoms with E-state index in [-0.39, 0.29) is 11.8 Å². The first-order valence-corrected chi connectivity index (χ1v) is 8.65. The largest absolute Gasteiger partial charge is 0.380 e. The molecular formula is C16H32N4O2. The SMILES string of the molecule is CCNC(=NCCOCC)NCCNC(=O)C1CCCCC1. The second-order valence-electron chi connectivity index (χ2n) is 5.51. The monoisotopic (exact) mass is 312 g/mol. The van der Waals surface area contributed by atoms with E-state index < -0.39 is 0 Å². The van der Waals surface area contributed by atoms with Crippen molar-refractivity contribution in [2.75, 3.05) is 39.4 Å². The number of nitrogens with one attached hydrogen (secondary N) is 3. The van der Waals surface area contributed by atoms with Crippen LogP contribution in [-0.4, -0.2) is 51.3 Å². The van der Waals surface area contributed by atoms with Crippen molar-refractivity contribution in [1.82, 2.24) is 16.0 Å². The third-order valence-electron chi connectivity index (χ3n) is 3.75. The number of nitrogens with zero attached hydrogens (tertiary/aromatic N) is 1. The summed E-state index contributed by atoms with van der Waals surface area (Å²) in [5, 5.41) is 9.42. The number of hydrogen-bond acceptors (Lipinski definition) is 3. The Labute approximate surface area is 134 Å². The fourth-order valence-electron chi connectivity index (χ4n) is 2.58. The van der Waals surface area contributed by atoms with Gasteiger partial charge in [-0.25, -0.2) is 0 Å². The second-order valence-corrected chi connectivity index (χ2v) is 5.51. The van der Waals surface area contributed by atoms with Crippen molar-refractivity contribution < 1.29 is 9.53 Å². The van der Waals surface area contributed by atoms with Crippen LogP contribution in [0, 0.1) is 5.92 Å². The van der Waals surface area contributed by atoms with Gasteiger partial charge in [0.05, 0.1) is 13.2 Å². The van der Waals surface area contributed by atoms with Gasteiger partial charge in [0.25, 0.3) is 0 Å². The maximum absolute atomic E-state index is 12.0. The molecule has 1 aliphatic rings. The molecule has 0 heterocycles. The molecule has 1 fully saturated rings. The van der Waals surface area contributed by atoms with Gasteiger partial charge in [-0.1, -0.05) is 19.3 Å². The molecule has 128 valence electrons. The van der Waals surface area contributed by atoms with Crippen molar-refractivity contribution in [2.45, 2.75) is 46.0 Å². The third-order valence-corrected chi connectivity index (χ3v) is 3.75. The van der Waals surface area contributed by atoms with Crippen LogP contribution in [0.4, 0.5) is 0 Å². The van der Waals surface area contributed by atoms with Crippen molar-refractivity contribution in [3.05, 3.63) is 0 Å². The highest BCUT2D eigenvalue weighted by atomic mass is 16.5. The summed E-state index contributed by atoms with van der Waals surface area (Å²) in [5.41, 5.74) is 0. The molecule has 0 aromatic heterocycles. The summed E-state index contributed by atoms with van der Waals surface area (Å²) >= 11 is 0. The molecule has 0 aromatic carbocycles. The number of rotatable bonds is 9. The van der Waals surface area contributed by atoms with Gasteiger partial charge < -0.3 is 20.7 Å². The number of carbonyl (C=O) groups excluding carboxylic acids is 1. The van der Waals surface area contributed by atoms with Crippen LogP contribution in [0.2, 0.25) is 0 Å². The number of guanidine groups is 1. The van der Waals surface area contributed by atoms with Crippen LogP contribution in [-0.2, 0) is 9.53 Å². The van der Waals surface area contributed by atoms with E-state index in [4.69, 9.17) is 4.74 Å². The predicted molar refractivity (Wildman–Crippen MR) is 90.1 cm³/mol. The number of hydrogen-bond donors (Lipinski definition) is 3. The number of carbonyl (C=O) groups is 1. The van der Waals surface area contributed by atoms with Crippen LogP contribution in [0.1, 0.15) is 46.0 Å². The van der Waals surface area contributed by atoms with Gasteiger partial charge in [-0.15, -0.1) is 0 Å². The normalized spacial score (nSPS) is 16.4. The minimum absolute atomic E-state index is 0.208. The summed E-state index contributed by atoms with van der Waals surface area (Å²) in [6.07, 6.45) is 5.73. The molecule has 1 amide bonds. The fourth-order valence-corrected chi connectivity index (χ4v) is 2.58. The summed E-state index contributed by atoms with van der Waals surface area (Å²) < 4.78 is 5.27. The third kappa shape index (κ3) is 8.22. The maximum Gasteiger partial charge on any atom is 0.223 e. The Kier molecular flexibility index (Phi) is 10.5. The van der Waals surface area contributed by atoms with E-state index in [2.05, 4.69) is 20.9 Å². The minimum atomic E-state index is 0.208. The zero-order valence-electron chi connectivity index (χ0n) is 14.1. The molecule has 0 saturated heterocycles. The van der Waals surface area contributed by atoms with E-state index in [0.29, 0.717) is 32.8 Å². The van der Waals surface area contributed by atoms with Gasteiger partial charge in [-0.3, -0.25) is 9.79 Å². The summed E-state index contributed by atoms with van der Waals surface area (Å²) in [5.74, 6) is 1.20. The summed E-state index contributed by atoms with van der Waals surface area (Å²) in [4.78, 5) is 16.4. The summed E-state index contributed by atoms with van der Waals surface area (Å²) in [6.45, 7) is 8.11. The molecule has 0 radical (unpaired) electrons. The van der Waals surface area contributed by atoms with Crippen molar-refractivity contribution in [3.8, 4) is 0 Å². The van der Waals surface area contributed by atoms with Crippen molar-refractivity contribution in [2.24, 2.45) is 10.9 Å². The van der Waals surface area contributed by atoms with Gasteiger partial charge >= 0.3 is 0 Å². The average molecular weight is 312 g/mol. The van der Waals surface area contributed by atoms with Crippen LogP contribution in [0.25, 0.3) is 0 Å². The highest BCUT2D eigenvalue weighted by molar-refractivity contribution is 5.80. The van der Waals surface area contributed by atoms with Crippen LogP contribution in [0.3, 0.4) is 0 Å². The molecule has 0 unspecified atom stereocenters. The Hall–Kier alpha value is -1.30. The van der Waals surface area contributed by atoms with Crippen LogP contribution in [0.15, 0.2) is 4.99 Å². The molecule has 0 bridgehead atoms. The number of ether oxygens (including phenoxy) is 1. The lowest BCUT2D eigenvalue weighted by Crippen LogP contribution is -2.42. The van der Waals surface area contributed by atoms with E-state index in [9.17, 15) is 4.79 Å². The lowest BCUT2D eigenvalue weighted by molar-refractivity contribution is -0.125. The summed E-state index contributed by atoms with van der Waals surface area (Å²) in [6, 6.07) is 0. The van der Waals surface area contributed by atoms with Gasteiger partial charge in [-0.2, -0.15) is 0 Å². The highest BCUT2D eigenvalue weighted by Gasteiger charge is 2.20. The molecule has 1 aliphatic carbocycles. The van der Waals surface area contributed by atoms with E-state index in [1.807, 2.05) is 13.8 Å². The Balaban J connectivity index is 2.17. The molecule has 0 atom stereocenters. The zero-order valence-corrected chi connectivity index (χ0v) is 14.1. The van der Waals surface area contributed by atoms with Crippen LogP contribution >= 0.6 is 0 Å². The second kappa shape index (κ2) is 12.3. The first-order chi connectivity index (χ1) is 10.8. The van der Waals surface area contributed by atoms with Gasteiger partial charge in [0, 0.05) is 32.2 Å². The van der Waals surface area contributed by atoms with Gasteiger partial charge in [0.15, 0.2) is 5.96 Å². The molecule has 3 N–H and O–H groups in total. The zero-order chi connectivity index (χ0) is 16.0. The molecule has 6 nitrogen and oxygen atoms in total. The molecular weight excluding hydrogens is 280 g/mol. The van der Waals surface area contributed by atoms with E-state index in [0.717, 1.165) is 25.3 Å². The molecule has 1 saturated carbocycles. The maximum atomic E-state index is 12.0. The van der Waals surface area contributed by atoms with E-state index in [1.54, 1.807) is 0 Å². The fraction of sp³-hybridized carbons (Fsp3) is 0.875. The van der Waals surface area contributed by atoms with Gasteiger partial charge in [-0.05, 0) is 26.7 Å². The summed E-state index contributed by atoms with van der Waals surface area (Å²) in [7, 11) is 0. The molecule has 0 spiro atoms. The minimum Gasteiger partial charge on any atom is -0.380 e. The number of amides is 1. The van der Waals surface area contributed by atoms with E-state index in [1.165, 1.54) is 19.3 Å².